The minimum atomic E-state index is 0.470. The van der Waals surface area contributed by atoms with Gasteiger partial charge in [-0.2, -0.15) is 0 Å². The molecule has 2 aromatic rings. The lowest BCUT2D eigenvalue weighted by Gasteiger charge is -2.10. The van der Waals surface area contributed by atoms with Crippen LogP contribution in [0.15, 0.2) is 40.3 Å². The lowest BCUT2D eigenvalue weighted by atomic mass is 10.2. The first-order valence-electron chi connectivity index (χ1n) is 5.61. The molecule has 1 atom stereocenters. The van der Waals surface area contributed by atoms with E-state index in [4.69, 9.17) is 0 Å². The molecule has 0 bridgehead atoms. The number of rotatable bonds is 5. The normalized spacial score (nSPS) is 12.6. The molecule has 2 rings (SSSR count). The van der Waals surface area contributed by atoms with Crippen LogP contribution in [0.3, 0.4) is 0 Å². The third-order valence-electron chi connectivity index (χ3n) is 2.60. The van der Waals surface area contributed by atoms with Gasteiger partial charge in [-0.1, -0.05) is 41.1 Å². The van der Waals surface area contributed by atoms with Crippen molar-refractivity contribution >= 4 is 27.3 Å². The maximum Gasteiger partial charge on any atom is 0.0965 e. The van der Waals surface area contributed by atoms with Crippen molar-refractivity contribution in [3.8, 4) is 0 Å². The largest absolute Gasteiger partial charge is 0.312 e. The van der Waals surface area contributed by atoms with Crippen LogP contribution in [0.25, 0.3) is 0 Å². The molecule has 1 aromatic carbocycles. The molecule has 1 aromatic heterocycles. The summed E-state index contributed by atoms with van der Waals surface area (Å²) in [6.07, 6.45) is 1.87. The molecule has 4 heteroatoms. The average Bonchev–Trinajstić information content (AvgIpc) is 2.85. The van der Waals surface area contributed by atoms with E-state index in [0.717, 1.165) is 17.6 Å². The zero-order valence-electron chi connectivity index (χ0n) is 9.69. The van der Waals surface area contributed by atoms with Crippen LogP contribution in [0.4, 0.5) is 0 Å². The Labute approximate surface area is 114 Å². The van der Waals surface area contributed by atoms with E-state index >= 15 is 0 Å². The minimum Gasteiger partial charge on any atom is -0.312 e. The predicted molar refractivity (Wildman–Crippen MR) is 76.4 cm³/mol. The van der Waals surface area contributed by atoms with Gasteiger partial charge in [0.05, 0.1) is 5.01 Å². The van der Waals surface area contributed by atoms with Crippen LogP contribution in [0.1, 0.15) is 23.4 Å². The number of benzene rings is 1. The van der Waals surface area contributed by atoms with Crippen molar-refractivity contribution in [1.82, 2.24) is 10.3 Å². The number of aromatic nitrogens is 1. The highest BCUT2D eigenvalue weighted by molar-refractivity contribution is 9.10. The van der Waals surface area contributed by atoms with E-state index in [1.54, 1.807) is 11.3 Å². The second-order valence-electron chi connectivity index (χ2n) is 3.99. The van der Waals surface area contributed by atoms with Crippen LogP contribution in [-0.2, 0) is 6.54 Å². The fourth-order valence-electron chi connectivity index (χ4n) is 1.63. The molecule has 0 spiro atoms. The number of nitrogens with one attached hydrogen (secondary N) is 1. The third kappa shape index (κ3) is 3.63. The zero-order chi connectivity index (χ0) is 12.1. The van der Waals surface area contributed by atoms with Gasteiger partial charge in [0.1, 0.15) is 0 Å². The molecule has 90 valence electrons. The van der Waals surface area contributed by atoms with E-state index in [-0.39, 0.29) is 0 Å². The fourth-order valence-corrected chi connectivity index (χ4v) is 2.75. The van der Waals surface area contributed by atoms with Gasteiger partial charge in [0.2, 0.25) is 0 Å². The molecular formula is C13H15BrN2S. The Kier molecular flexibility index (Phi) is 4.71. The van der Waals surface area contributed by atoms with E-state index in [2.05, 4.69) is 51.4 Å². The van der Waals surface area contributed by atoms with Crippen LogP contribution in [0.2, 0.25) is 0 Å². The van der Waals surface area contributed by atoms with Crippen LogP contribution in [0.5, 0.6) is 0 Å². The van der Waals surface area contributed by atoms with Crippen molar-refractivity contribution in [3.63, 3.8) is 0 Å². The van der Waals surface area contributed by atoms with Gasteiger partial charge in [-0.05, 0) is 11.6 Å². The summed E-state index contributed by atoms with van der Waals surface area (Å²) in [6.45, 7) is 4.04. The molecule has 2 nitrogen and oxygen atoms in total. The van der Waals surface area contributed by atoms with E-state index in [0.29, 0.717) is 5.92 Å². The van der Waals surface area contributed by atoms with Gasteiger partial charge in [0, 0.05) is 35.1 Å². The first kappa shape index (κ1) is 12.7. The second kappa shape index (κ2) is 6.28. The third-order valence-corrected chi connectivity index (χ3v) is 4.38. The standard InChI is InChI=1S/C13H15BrN2S/c1-10(13-16-6-7-17-13)8-15-9-11-4-2-3-5-12(11)14/h2-7,10,15H,8-9H2,1H3. The second-order valence-corrected chi connectivity index (χ2v) is 5.77. The molecule has 0 aliphatic heterocycles. The summed E-state index contributed by atoms with van der Waals surface area (Å²) in [6, 6.07) is 8.30. The molecule has 0 radical (unpaired) electrons. The summed E-state index contributed by atoms with van der Waals surface area (Å²) in [5.41, 5.74) is 1.29. The van der Waals surface area contributed by atoms with Gasteiger partial charge in [-0.15, -0.1) is 11.3 Å². The molecule has 0 saturated carbocycles. The van der Waals surface area contributed by atoms with Gasteiger partial charge in [0.25, 0.3) is 0 Å². The van der Waals surface area contributed by atoms with Crippen molar-refractivity contribution in [3.05, 3.63) is 50.9 Å². The van der Waals surface area contributed by atoms with Crippen LogP contribution in [0, 0.1) is 0 Å². The smallest absolute Gasteiger partial charge is 0.0965 e. The molecule has 0 aliphatic rings. The van der Waals surface area contributed by atoms with Crippen molar-refractivity contribution < 1.29 is 0 Å². The van der Waals surface area contributed by atoms with Crippen molar-refractivity contribution in [2.45, 2.75) is 19.4 Å². The number of hydrogen-bond donors (Lipinski definition) is 1. The van der Waals surface area contributed by atoms with Crippen molar-refractivity contribution in [2.75, 3.05) is 6.54 Å². The highest BCUT2D eigenvalue weighted by atomic mass is 79.9. The highest BCUT2D eigenvalue weighted by Gasteiger charge is 2.07. The topological polar surface area (TPSA) is 24.9 Å². The fraction of sp³-hybridized carbons (Fsp3) is 0.308. The quantitative estimate of drug-likeness (QED) is 0.908. The lowest BCUT2D eigenvalue weighted by Crippen LogP contribution is -2.19. The van der Waals surface area contributed by atoms with E-state index < -0.39 is 0 Å². The number of hydrogen-bond acceptors (Lipinski definition) is 3. The molecule has 17 heavy (non-hydrogen) atoms. The lowest BCUT2D eigenvalue weighted by molar-refractivity contribution is 0.612. The Morgan fingerprint density at radius 2 is 2.24 bits per heavy atom. The number of halogens is 1. The molecule has 0 amide bonds. The van der Waals surface area contributed by atoms with Crippen LogP contribution in [-0.4, -0.2) is 11.5 Å². The molecule has 1 unspecified atom stereocenters. The van der Waals surface area contributed by atoms with Crippen molar-refractivity contribution in [1.29, 1.82) is 0 Å². The summed E-state index contributed by atoms with van der Waals surface area (Å²) in [4.78, 5) is 4.33. The first-order valence-corrected chi connectivity index (χ1v) is 7.28. The summed E-state index contributed by atoms with van der Waals surface area (Å²) < 4.78 is 1.16. The molecule has 0 fully saturated rings. The molecule has 1 N–H and O–H groups in total. The number of nitrogens with zero attached hydrogens (tertiary/aromatic N) is 1. The Balaban J connectivity index is 1.82. The predicted octanol–water partition coefficient (Wildman–Crippen LogP) is 3.80. The van der Waals surface area contributed by atoms with E-state index in [9.17, 15) is 0 Å². The summed E-state index contributed by atoms with van der Waals surface area (Å²) >= 11 is 5.27. The monoisotopic (exact) mass is 310 g/mol. The van der Waals surface area contributed by atoms with Crippen molar-refractivity contribution in [2.24, 2.45) is 0 Å². The van der Waals surface area contributed by atoms with Gasteiger partial charge in [0.15, 0.2) is 0 Å². The van der Waals surface area contributed by atoms with Gasteiger partial charge in [-0.25, -0.2) is 4.98 Å². The first-order chi connectivity index (χ1) is 8.27. The summed E-state index contributed by atoms with van der Waals surface area (Å²) in [7, 11) is 0. The van der Waals surface area contributed by atoms with Crippen LogP contribution < -0.4 is 5.32 Å². The Bertz CT molecular complexity index is 456. The van der Waals surface area contributed by atoms with E-state index in [1.807, 2.05) is 17.6 Å². The minimum absolute atomic E-state index is 0.470. The Hall–Kier alpha value is -0.710. The molecule has 1 heterocycles. The number of thiazole rings is 1. The molecule has 0 aliphatic carbocycles. The SMILES string of the molecule is CC(CNCc1ccccc1Br)c1nccs1. The average molecular weight is 311 g/mol. The Morgan fingerprint density at radius 1 is 1.41 bits per heavy atom. The Morgan fingerprint density at radius 3 is 2.94 bits per heavy atom. The summed E-state index contributed by atoms with van der Waals surface area (Å²) in [5, 5.41) is 6.69. The van der Waals surface area contributed by atoms with Gasteiger partial charge in [-0.3, -0.25) is 0 Å². The highest BCUT2D eigenvalue weighted by Crippen LogP contribution is 2.18. The maximum absolute atomic E-state index is 4.33. The summed E-state index contributed by atoms with van der Waals surface area (Å²) in [5.74, 6) is 0.470. The maximum atomic E-state index is 4.33. The molecular weight excluding hydrogens is 296 g/mol. The van der Waals surface area contributed by atoms with Crippen LogP contribution >= 0.6 is 27.3 Å². The van der Waals surface area contributed by atoms with Gasteiger partial charge >= 0.3 is 0 Å². The van der Waals surface area contributed by atoms with E-state index in [1.165, 1.54) is 10.6 Å². The molecule has 0 saturated heterocycles. The van der Waals surface area contributed by atoms with Gasteiger partial charge < -0.3 is 5.32 Å². The zero-order valence-corrected chi connectivity index (χ0v) is 12.1.